The van der Waals surface area contributed by atoms with Crippen molar-refractivity contribution in [1.29, 1.82) is 5.26 Å². The number of nitrogens with zero attached hydrogens (tertiary/aromatic N) is 2. The zero-order chi connectivity index (χ0) is 20.6. The molecule has 0 fully saturated rings. The van der Waals surface area contributed by atoms with E-state index >= 15 is 0 Å². The number of nitrogens with one attached hydrogen (secondary N) is 2. The molecule has 1 aromatic carbocycles. The molecule has 8 heteroatoms. The van der Waals surface area contributed by atoms with Gasteiger partial charge in [-0.05, 0) is 24.1 Å². The van der Waals surface area contributed by atoms with E-state index in [2.05, 4.69) is 28.6 Å². The van der Waals surface area contributed by atoms with Crippen LogP contribution in [0.2, 0.25) is 0 Å². The first-order chi connectivity index (χ1) is 14.2. The second-order valence-electron chi connectivity index (χ2n) is 6.32. The molecular formula is C21H26N4O3S. The molecule has 0 saturated heterocycles. The first-order valence-corrected chi connectivity index (χ1v) is 10.7. The number of benzene rings is 1. The summed E-state index contributed by atoms with van der Waals surface area (Å²) >= 11 is 1.60. The predicted molar refractivity (Wildman–Crippen MR) is 116 cm³/mol. The summed E-state index contributed by atoms with van der Waals surface area (Å²) in [5.74, 6) is 2.73. The van der Waals surface area contributed by atoms with Crippen LogP contribution < -0.4 is 20.1 Å². The maximum absolute atomic E-state index is 9.87. The fourth-order valence-corrected chi connectivity index (χ4v) is 4.02. The quantitative estimate of drug-likeness (QED) is 0.470. The van der Waals surface area contributed by atoms with Gasteiger partial charge in [-0.3, -0.25) is 0 Å². The van der Waals surface area contributed by atoms with Crippen LogP contribution in [0.3, 0.4) is 0 Å². The summed E-state index contributed by atoms with van der Waals surface area (Å²) in [5.41, 5.74) is 2.97. The fraction of sp³-hybridized carbons (Fsp3) is 0.429. The number of aromatic nitrogens is 1. The van der Waals surface area contributed by atoms with Crippen molar-refractivity contribution in [2.75, 3.05) is 56.9 Å². The zero-order valence-corrected chi connectivity index (χ0v) is 17.8. The van der Waals surface area contributed by atoms with E-state index < -0.39 is 0 Å². The average Bonchev–Trinajstić information content (AvgIpc) is 2.77. The number of hydrogen-bond donors (Lipinski definition) is 2. The SMILES string of the molecule is CCCOCCSc1nc(NC)c(C#N)c(-c2ccc3c(c2)OCCO3)c1NC. The Morgan fingerprint density at radius 2 is 1.97 bits per heavy atom. The van der Waals surface area contributed by atoms with Crippen LogP contribution in [0, 0.1) is 11.3 Å². The van der Waals surface area contributed by atoms with Crippen molar-refractivity contribution in [3.63, 3.8) is 0 Å². The number of pyridine rings is 1. The largest absolute Gasteiger partial charge is 0.486 e. The van der Waals surface area contributed by atoms with Gasteiger partial charge in [0.25, 0.3) is 0 Å². The lowest BCUT2D eigenvalue weighted by molar-refractivity contribution is 0.151. The van der Waals surface area contributed by atoms with Crippen molar-refractivity contribution < 1.29 is 14.2 Å². The Balaban J connectivity index is 2.04. The Hall–Kier alpha value is -2.63. The fourth-order valence-electron chi connectivity index (χ4n) is 3.12. The molecule has 1 aliphatic heterocycles. The van der Waals surface area contributed by atoms with E-state index in [0.29, 0.717) is 37.0 Å². The summed E-state index contributed by atoms with van der Waals surface area (Å²) in [6.45, 7) is 4.55. The van der Waals surface area contributed by atoms with Gasteiger partial charge in [-0.25, -0.2) is 4.98 Å². The second kappa shape index (κ2) is 10.2. The van der Waals surface area contributed by atoms with Gasteiger partial charge in [0, 0.05) is 32.0 Å². The molecule has 1 aromatic heterocycles. The Morgan fingerprint density at radius 1 is 1.17 bits per heavy atom. The minimum atomic E-state index is 0.486. The minimum absolute atomic E-state index is 0.486. The highest BCUT2D eigenvalue weighted by Crippen LogP contribution is 2.43. The van der Waals surface area contributed by atoms with Crippen molar-refractivity contribution >= 4 is 23.3 Å². The van der Waals surface area contributed by atoms with Crippen molar-refractivity contribution in [2.45, 2.75) is 18.4 Å². The van der Waals surface area contributed by atoms with E-state index in [1.54, 1.807) is 18.8 Å². The summed E-state index contributed by atoms with van der Waals surface area (Å²) in [6.07, 6.45) is 1.000. The van der Waals surface area contributed by atoms with Gasteiger partial charge < -0.3 is 24.8 Å². The Labute approximate surface area is 175 Å². The summed E-state index contributed by atoms with van der Waals surface area (Å²) in [5, 5.41) is 17.0. The molecule has 0 bridgehead atoms. The molecule has 2 N–H and O–H groups in total. The van der Waals surface area contributed by atoms with Gasteiger partial charge in [-0.1, -0.05) is 13.0 Å². The molecule has 1 aliphatic rings. The first kappa shape index (κ1) is 21.1. The van der Waals surface area contributed by atoms with Crippen molar-refractivity contribution in [3.8, 4) is 28.7 Å². The Morgan fingerprint density at radius 3 is 2.66 bits per heavy atom. The molecule has 0 unspecified atom stereocenters. The van der Waals surface area contributed by atoms with Crippen molar-refractivity contribution in [2.24, 2.45) is 0 Å². The molecular weight excluding hydrogens is 388 g/mol. The van der Waals surface area contributed by atoms with E-state index in [9.17, 15) is 5.26 Å². The lowest BCUT2D eigenvalue weighted by Gasteiger charge is -2.21. The third kappa shape index (κ3) is 4.69. The van der Waals surface area contributed by atoms with Crippen LogP contribution >= 0.6 is 11.8 Å². The van der Waals surface area contributed by atoms with Gasteiger partial charge in [0.2, 0.25) is 0 Å². The molecule has 154 valence electrons. The smallest absolute Gasteiger partial charge is 0.161 e. The second-order valence-corrected chi connectivity index (χ2v) is 7.41. The maximum Gasteiger partial charge on any atom is 0.161 e. The maximum atomic E-state index is 9.87. The number of ether oxygens (including phenoxy) is 3. The molecule has 0 radical (unpaired) electrons. The van der Waals surface area contributed by atoms with Gasteiger partial charge in [-0.15, -0.1) is 11.8 Å². The molecule has 2 aromatic rings. The van der Waals surface area contributed by atoms with E-state index in [0.717, 1.165) is 46.4 Å². The van der Waals surface area contributed by atoms with Crippen LogP contribution in [0.1, 0.15) is 18.9 Å². The standard InChI is InChI=1S/C21H26N4O3S/c1-4-7-26-10-11-29-21-19(23-2)18(15(13-22)20(24-3)25-21)14-5-6-16-17(12-14)28-9-8-27-16/h5-6,12,23H,4,7-11H2,1-3H3,(H,24,25). The lowest BCUT2D eigenvalue weighted by atomic mass is 9.98. The Kier molecular flexibility index (Phi) is 7.44. The number of fused-ring (bicyclic) bond motifs is 1. The highest BCUT2D eigenvalue weighted by atomic mass is 32.2. The lowest BCUT2D eigenvalue weighted by Crippen LogP contribution is -2.15. The molecule has 0 amide bonds. The molecule has 0 spiro atoms. The number of rotatable bonds is 9. The normalized spacial score (nSPS) is 12.3. The summed E-state index contributed by atoms with van der Waals surface area (Å²) in [7, 11) is 3.62. The third-order valence-corrected chi connectivity index (χ3v) is 5.35. The van der Waals surface area contributed by atoms with Gasteiger partial charge in [0.15, 0.2) is 11.5 Å². The number of hydrogen-bond acceptors (Lipinski definition) is 8. The Bertz CT molecular complexity index is 898. The van der Waals surface area contributed by atoms with E-state index in [4.69, 9.17) is 14.2 Å². The van der Waals surface area contributed by atoms with Crippen molar-refractivity contribution in [1.82, 2.24) is 4.98 Å². The van der Waals surface area contributed by atoms with Gasteiger partial charge >= 0.3 is 0 Å². The molecule has 7 nitrogen and oxygen atoms in total. The predicted octanol–water partition coefficient (Wildman–Crippen LogP) is 3.99. The van der Waals surface area contributed by atoms with E-state index in [1.165, 1.54) is 0 Å². The highest BCUT2D eigenvalue weighted by molar-refractivity contribution is 7.99. The summed E-state index contributed by atoms with van der Waals surface area (Å²) < 4.78 is 17.0. The van der Waals surface area contributed by atoms with E-state index in [-0.39, 0.29) is 0 Å². The number of anilines is 2. The monoisotopic (exact) mass is 414 g/mol. The van der Waals surface area contributed by atoms with Gasteiger partial charge in [0.05, 0.1) is 12.3 Å². The van der Waals surface area contributed by atoms with Crippen LogP contribution in [0.25, 0.3) is 11.1 Å². The van der Waals surface area contributed by atoms with Crippen LogP contribution in [-0.4, -0.2) is 51.3 Å². The zero-order valence-electron chi connectivity index (χ0n) is 17.0. The molecule has 0 aliphatic carbocycles. The van der Waals surface area contributed by atoms with Gasteiger partial charge in [0.1, 0.15) is 35.7 Å². The molecule has 3 rings (SSSR count). The molecule has 2 heterocycles. The molecule has 0 saturated carbocycles. The summed E-state index contributed by atoms with van der Waals surface area (Å²) in [6, 6.07) is 8.06. The summed E-state index contributed by atoms with van der Waals surface area (Å²) in [4.78, 5) is 4.68. The number of nitriles is 1. The minimum Gasteiger partial charge on any atom is -0.486 e. The first-order valence-electron chi connectivity index (χ1n) is 9.67. The van der Waals surface area contributed by atoms with Gasteiger partial charge in [-0.2, -0.15) is 5.26 Å². The highest BCUT2D eigenvalue weighted by Gasteiger charge is 2.22. The molecule has 0 atom stereocenters. The third-order valence-electron chi connectivity index (χ3n) is 4.41. The average molecular weight is 415 g/mol. The topological polar surface area (TPSA) is 88.4 Å². The van der Waals surface area contributed by atoms with Crippen molar-refractivity contribution in [3.05, 3.63) is 23.8 Å². The van der Waals surface area contributed by atoms with Crippen LogP contribution in [-0.2, 0) is 4.74 Å². The van der Waals surface area contributed by atoms with E-state index in [1.807, 2.05) is 25.2 Å². The van der Waals surface area contributed by atoms with Crippen LogP contribution in [0.15, 0.2) is 23.2 Å². The van der Waals surface area contributed by atoms with Crippen LogP contribution in [0.4, 0.5) is 11.5 Å². The number of thioether (sulfide) groups is 1. The van der Waals surface area contributed by atoms with Crippen LogP contribution in [0.5, 0.6) is 11.5 Å². The molecule has 29 heavy (non-hydrogen) atoms.